The van der Waals surface area contributed by atoms with Gasteiger partial charge in [0, 0.05) is 17.8 Å². The van der Waals surface area contributed by atoms with E-state index in [4.69, 9.17) is 5.26 Å². The Labute approximate surface area is 90.2 Å². The lowest BCUT2D eigenvalue weighted by Crippen LogP contribution is -2.30. The largest absolute Gasteiger partial charge is 0.469 e. The van der Waals surface area contributed by atoms with Crippen molar-refractivity contribution < 1.29 is 14.3 Å². The first kappa shape index (κ1) is 13.6. The zero-order valence-corrected chi connectivity index (χ0v) is 9.66. The van der Waals surface area contributed by atoms with E-state index in [1.165, 1.54) is 7.11 Å². The number of hydrogen-bond acceptors (Lipinski definition) is 4. The minimum atomic E-state index is -0.553. The summed E-state index contributed by atoms with van der Waals surface area (Å²) in [5.41, 5.74) is -0.532. The van der Waals surface area contributed by atoms with Crippen LogP contribution >= 0.6 is 0 Å². The van der Waals surface area contributed by atoms with E-state index in [0.717, 1.165) is 0 Å². The number of nitrogens with zero attached hydrogens (tertiary/aromatic N) is 1. The molecular weight excluding hydrogens is 194 g/mol. The van der Waals surface area contributed by atoms with Crippen LogP contribution in [0.25, 0.3) is 0 Å². The average molecular weight is 211 g/mol. The molecule has 0 aromatic rings. The number of methoxy groups -OCH3 is 1. The highest BCUT2D eigenvalue weighted by Crippen LogP contribution is 2.24. The van der Waals surface area contributed by atoms with E-state index < -0.39 is 17.3 Å². The van der Waals surface area contributed by atoms with Gasteiger partial charge in [0.2, 0.25) is 0 Å². The maximum absolute atomic E-state index is 11.8. The summed E-state index contributed by atoms with van der Waals surface area (Å²) in [5, 5.41) is 8.58. The second kappa shape index (κ2) is 5.50. The summed E-state index contributed by atoms with van der Waals surface area (Å²) in [6.07, 6.45) is 0.0470. The van der Waals surface area contributed by atoms with Gasteiger partial charge >= 0.3 is 5.97 Å². The molecule has 15 heavy (non-hydrogen) atoms. The topological polar surface area (TPSA) is 67.2 Å². The van der Waals surface area contributed by atoms with Gasteiger partial charge in [0.1, 0.15) is 5.78 Å². The molecule has 0 amide bonds. The van der Waals surface area contributed by atoms with Crippen molar-refractivity contribution in [1.29, 1.82) is 5.26 Å². The summed E-state index contributed by atoms with van der Waals surface area (Å²) < 4.78 is 4.49. The highest BCUT2D eigenvalue weighted by Gasteiger charge is 2.31. The molecule has 0 radical (unpaired) electrons. The van der Waals surface area contributed by atoms with Crippen molar-refractivity contribution in [1.82, 2.24) is 0 Å². The summed E-state index contributed by atoms with van der Waals surface area (Å²) in [5.74, 6) is -1.08. The number of nitriles is 1. The lowest BCUT2D eigenvalue weighted by atomic mass is 9.80. The smallest absolute Gasteiger partial charge is 0.306 e. The van der Waals surface area contributed by atoms with Crippen molar-refractivity contribution in [3.63, 3.8) is 0 Å². The Kier molecular flexibility index (Phi) is 4.99. The summed E-state index contributed by atoms with van der Waals surface area (Å²) >= 11 is 0. The molecule has 0 aliphatic carbocycles. The van der Waals surface area contributed by atoms with Crippen LogP contribution in [0.4, 0.5) is 0 Å². The molecule has 0 saturated heterocycles. The first-order valence-corrected chi connectivity index (χ1v) is 4.81. The van der Waals surface area contributed by atoms with E-state index in [0.29, 0.717) is 0 Å². The molecule has 0 fully saturated rings. The molecule has 84 valence electrons. The summed E-state index contributed by atoms with van der Waals surface area (Å²) in [4.78, 5) is 22.9. The van der Waals surface area contributed by atoms with E-state index in [1.54, 1.807) is 20.8 Å². The van der Waals surface area contributed by atoms with Gasteiger partial charge in [-0.3, -0.25) is 9.59 Å². The SMILES string of the molecule is COC(=O)C[C@@H](CC#N)C(=O)C(C)(C)C. The highest BCUT2D eigenvalue weighted by atomic mass is 16.5. The molecule has 0 bridgehead atoms. The van der Waals surface area contributed by atoms with Gasteiger partial charge in [-0.25, -0.2) is 0 Å². The monoisotopic (exact) mass is 211 g/mol. The maximum atomic E-state index is 11.8. The van der Waals surface area contributed by atoms with Crippen LogP contribution in [0.1, 0.15) is 33.6 Å². The number of rotatable bonds is 4. The third-order valence-corrected chi connectivity index (χ3v) is 2.09. The van der Waals surface area contributed by atoms with Crippen LogP contribution in [0.5, 0.6) is 0 Å². The zero-order valence-electron chi connectivity index (χ0n) is 9.66. The minimum Gasteiger partial charge on any atom is -0.469 e. The number of esters is 1. The van der Waals surface area contributed by atoms with Gasteiger partial charge in [-0.05, 0) is 0 Å². The van der Waals surface area contributed by atoms with Crippen LogP contribution < -0.4 is 0 Å². The first-order valence-electron chi connectivity index (χ1n) is 4.81. The third kappa shape index (κ3) is 4.59. The molecule has 4 nitrogen and oxygen atoms in total. The van der Waals surface area contributed by atoms with Gasteiger partial charge in [0.15, 0.2) is 0 Å². The summed E-state index contributed by atoms with van der Waals surface area (Å²) in [6.45, 7) is 5.32. The van der Waals surface area contributed by atoms with Gasteiger partial charge in [-0.15, -0.1) is 0 Å². The first-order chi connectivity index (χ1) is 6.82. The fourth-order valence-corrected chi connectivity index (χ4v) is 1.26. The molecular formula is C11H17NO3. The van der Waals surface area contributed by atoms with Crippen molar-refractivity contribution in [2.24, 2.45) is 11.3 Å². The molecule has 1 atom stereocenters. The molecule has 0 aliphatic heterocycles. The van der Waals surface area contributed by atoms with Gasteiger partial charge in [-0.1, -0.05) is 20.8 Å². The van der Waals surface area contributed by atoms with Crippen LogP contribution in [0.15, 0.2) is 0 Å². The van der Waals surface area contributed by atoms with E-state index in [2.05, 4.69) is 4.74 Å². The Balaban J connectivity index is 4.61. The van der Waals surface area contributed by atoms with Crippen molar-refractivity contribution in [3.8, 4) is 6.07 Å². The van der Waals surface area contributed by atoms with Gasteiger partial charge < -0.3 is 4.74 Å². The van der Waals surface area contributed by atoms with E-state index in [-0.39, 0.29) is 18.6 Å². The van der Waals surface area contributed by atoms with Crippen LogP contribution in [0, 0.1) is 22.7 Å². The Bertz CT molecular complexity index is 283. The number of carbonyl (C=O) groups excluding carboxylic acids is 2. The molecule has 0 saturated carbocycles. The molecule has 0 rings (SSSR count). The Morgan fingerprint density at radius 2 is 1.93 bits per heavy atom. The Hall–Kier alpha value is -1.37. The van der Waals surface area contributed by atoms with Gasteiger partial charge in [0.05, 0.1) is 19.6 Å². The average Bonchev–Trinajstić information content (AvgIpc) is 2.14. The number of ketones is 1. The number of Topliss-reactive ketones (excluding diaryl/α,β-unsaturated/α-hetero) is 1. The molecule has 0 aliphatic rings. The zero-order chi connectivity index (χ0) is 12.1. The Morgan fingerprint density at radius 3 is 2.27 bits per heavy atom. The van der Waals surface area contributed by atoms with E-state index >= 15 is 0 Å². The van der Waals surface area contributed by atoms with Crippen molar-refractivity contribution in [2.45, 2.75) is 33.6 Å². The quantitative estimate of drug-likeness (QED) is 0.664. The maximum Gasteiger partial charge on any atom is 0.306 e. The van der Waals surface area contributed by atoms with Gasteiger partial charge in [-0.2, -0.15) is 5.26 Å². The van der Waals surface area contributed by atoms with Crippen molar-refractivity contribution in [3.05, 3.63) is 0 Å². The van der Waals surface area contributed by atoms with Crippen LogP contribution in [-0.4, -0.2) is 18.9 Å². The second-order valence-electron chi connectivity index (χ2n) is 4.45. The van der Waals surface area contributed by atoms with Gasteiger partial charge in [0.25, 0.3) is 0 Å². The predicted octanol–water partition coefficient (Wildman–Crippen LogP) is 1.69. The van der Waals surface area contributed by atoms with Crippen LogP contribution in [0.2, 0.25) is 0 Å². The van der Waals surface area contributed by atoms with Crippen LogP contribution in [-0.2, 0) is 14.3 Å². The third-order valence-electron chi connectivity index (χ3n) is 2.09. The number of hydrogen-bond donors (Lipinski definition) is 0. The number of ether oxygens (including phenoxy) is 1. The Morgan fingerprint density at radius 1 is 1.40 bits per heavy atom. The van der Waals surface area contributed by atoms with Crippen molar-refractivity contribution in [2.75, 3.05) is 7.11 Å². The standard InChI is InChI=1S/C11H17NO3/c1-11(2,3)10(14)8(5-6-12)7-9(13)15-4/h8H,5,7H2,1-4H3/t8-/m1/s1. The van der Waals surface area contributed by atoms with Crippen LogP contribution in [0.3, 0.4) is 0 Å². The fraction of sp³-hybridized carbons (Fsp3) is 0.727. The molecule has 0 spiro atoms. The fourth-order valence-electron chi connectivity index (χ4n) is 1.26. The van der Waals surface area contributed by atoms with Crippen molar-refractivity contribution >= 4 is 11.8 Å². The summed E-state index contributed by atoms with van der Waals surface area (Å²) in [7, 11) is 1.27. The van der Waals surface area contributed by atoms with E-state index in [9.17, 15) is 9.59 Å². The normalized spacial score (nSPS) is 12.7. The molecule has 0 N–H and O–H groups in total. The van der Waals surface area contributed by atoms with E-state index in [1.807, 2.05) is 6.07 Å². The number of carbonyl (C=O) groups is 2. The predicted molar refractivity (Wildman–Crippen MR) is 54.8 cm³/mol. The second-order valence-corrected chi connectivity index (χ2v) is 4.45. The molecule has 4 heteroatoms. The lowest BCUT2D eigenvalue weighted by molar-refractivity contribution is -0.145. The molecule has 0 aromatic heterocycles. The molecule has 0 heterocycles. The summed E-state index contributed by atoms with van der Waals surface area (Å²) in [6, 6.07) is 1.92. The lowest BCUT2D eigenvalue weighted by Gasteiger charge is -2.22. The highest BCUT2D eigenvalue weighted by molar-refractivity contribution is 5.89. The molecule has 0 unspecified atom stereocenters. The molecule has 0 aromatic carbocycles. The minimum absolute atomic E-state index is 0.0137.